The van der Waals surface area contributed by atoms with Crippen molar-refractivity contribution >= 4 is 11.8 Å². The zero-order chi connectivity index (χ0) is 7.56. The van der Waals surface area contributed by atoms with Crippen molar-refractivity contribution in [1.82, 2.24) is 5.16 Å². The number of hydrogen-bond acceptors (Lipinski definition) is 4. The molecule has 1 heterocycles. The van der Waals surface area contributed by atoms with Crippen LogP contribution in [0.5, 0.6) is 0 Å². The number of nitrogens with one attached hydrogen (secondary N) is 1. The van der Waals surface area contributed by atoms with Crippen LogP contribution in [0.4, 0.5) is 5.82 Å². The topological polar surface area (TPSA) is 75.4 Å². The third-order valence-corrected chi connectivity index (χ3v) is 0.977. The predicted molar refractivity (Wildman–Crippen MR) is 33.0 cm³/mol. The van der Waals surface area contributed by atoms with Crippen LogP contribution in [0.1, 0.15) is 10.6 Å². The Balaban J connectivity index is 2.88. The Morgan fingerprint density at radius 1 is 1.90 bits per heavy atom. The first-order chi connectivity index (χ1) is 4.74. The van der Waals surface area contributed by atoms with Crippen molar-refractivity contribution < 1.29 is 14.4 Å². The first-order valence-electron chi connectivity index (χ1n) is 2.62. The molecule has 0 fully saturated rings. The van der Waals surface area contributed by atoms with Crippen LogP contribution in [0.15, 0.2) is 10.6 Å². The number of carboxylic acid groups (broad SMARTS) is 1. The zero-order valence-electron chi connectivity index (χ0n) is 5.29. The molecule has 0 saturated carbocycles. The summed E-state index contributed by atoms with van der Waals surface area (Å²) >= 11 is 0. The minimum Gasteiger partial charge on any atom is -0.475 e. The van der Waals surface area contributed by atoms with E-state index in [-0.39, 0.29) is 5.76 Å². The fourth-order valence-electron chi connectivity index (χ4n) is 0.494. The molecule has 1 rings (SSSR count). The van der Waals surface area contributed by atoms with Crippen molar-refractivity contribution in [3.63, 3.8) is 0 Å². The van der Waals surface area contributed by atoms with Crippen LogP contribution in [-0.4, -0.2) is 23.3 Å². The Bertz CT molecular complexity index is 243. The van der Waals surface area contributed by atoms with E-state index < -0.39 is 5.97 Å². The molecular weight excluding hydrogens is 136 g/mol. The molecule has 54 valence electrons. The SMILES string of the molecule is CNc1cc(C(=O)O)on1. The summed E-state index contributed by atoms with van der Waals surface area (Å²) in [6, 6.07) is 1.31. The lowest BCUT2D eigenvalue weighted by Gasteiger charge is -1.82. The number of aromatic carboxylic acids is 1. The van der Waals surface area contributed by atoms with Gasteiger partial charge in [0.15, 0.2) is 5.82 Å². The number of hydrogen-bond donors (Lipinski definition) is 2. The van der Waals surface area contributed by atoms with Gasteiger partial charge in [0.1, 0.15) is 0 Å². The van der Waals surface area contributed by atoms with Crippen molar-refractivity contribution in [2.75, 3.05) is 12.4 Å². The highest BCUT2D eigenvalue weighted by atomic mass is 16.5. The highest BCUT2D eigenvalue weighted by Gasteiger charge is 2.08. The average Bonchev–Trinajstić information content (AvgIpc) is 2.34. The normalized spacial score (nSPS) is 9.30. The van der Waals surface area contributed by atoms with Crippen LogP contribution in [-0.2, 0) is 0 Å². The Labute approximate surface area is 56.6 Å². The Morgan fingerprint density at radius 3 is 2.90 bits per heavy atom. The van der Waals surface area contributed by atoms with Gasteiger partial charge in [0.2, 0.25) is 5.76 Å². The van der Waals surface area contributed by atoms with Crippen LogP contribution in [0, 0.1) is 0 Å². The standard InChI is InChI=1S/C5H6N2O3/c1-6-4-2-3(5(8)9)10-7-4/h2H,1H3,(H,6,7)(H,8,9). The largest absolute Gasteiger partial charge is 0.475 e. The molecule has 0 aliphatic carbocycles. The maximum Gasteiger partial charge on any atom is 0.374 e. The number of carbonyl (C=O) groups is 1. The molecule has 0 unspecified atom stereocenters. The number of anilines is 1. The monoisotopic (exact) mass is 142 g/mol. The third kappa shape index (κ3) is 1.07. The van der Waals surface area contributed by atoms with Crippen molar-refractivity contribution in [3.8, 4) is 0 Å². The molecule has 0 atom stereocenters. The van der Waals surface area contributed by atoms with E-state index >= 15 is 0 Å². The molecule has 0 amide bonds. The molecule has 0 bridgehead atoms. The van der Waals surface area contributed by atoms with E-state index in [9.17, 15) is 4.79 Å². The van der Waals surface area contributed by atoms with Crippen LogP contribution in [0.3, 0.4) is 0 Å². The van der Waals surface area contributed by atoms with Crippen LogP contribution >= 0.6 is 0 Å². The number of rotatable bonds is 2. The Hall–Kier alpha value is -1.52. The van der Waals surface area contributed by atoms with Gasteiger partial charge in [-0.05, 0) is 0 Å². The Kier molecular flexibility index (Phi) is 1.57. The number of carboxylic acids is 1. The average molecular weight is 142 g/mol. The van der Waals surface area contributed by atoms with Gasteiger partial charge in [-0.1, -0.05) is 5.16 Å². The van der Waals surface area contributed by atoms with E-state index in [1.807, 2.05) is 0 Å². The minimum atomic E-state index is -1.12. The highest BCUT2D eigenvalue weighted by molar-refractivity contribution is 5.85. The number of aromatic nitrogens is 1. The summed E-state index contributed by atoms with van der Waals surface area (Å²) in [6.07, 6.45) is 0. The van der Waals surface area contributed by atoms with Gasteiger partial charge in [-0.2, -0.15) is 0 Å². The summed E-state index contributed by atoms with van der Waals surface area (Å²) in [5, 5.41) is 14.4. The van der Waals surface area contributed by atoms with E-state index in [2.05, 4.69) is 15.0 Å². The van der Waals surface area contributed by atoms with Gasteiger partial charge in [0, 0.05) is 13.1 Å². The van der Waals surface area contributed by atoms with E-state index in [0.29, 0.717) is 5.82 Å². The second-order valence-electron chi connectivity index (χ2n) is 1.63. The van der Waals surface area contributed by atoms with Gasteiger partial charge >= 0.3 is 5.97 Å². The van der Waals surface area contributed by atoms with E-state index in [1.165, 1.54) is 6.07 Å². The maximum absolute atomic E-state index is 10.2. The van der Waals surface area contributed by atoms with Gasteiger partial charge in [-0.25, -0.2) is 4.79 Å². The molecule has 0 saturated heterocycles. The summed E-state index contributed by atoms with van der Waals surface area (Å²) in [6.45, 7) is 0. The summed E-state index contributed by atoms with van der Waals surface area (Å²) in [5.41, 5.74) is 0. The molecule has 0 aliphatic rings. The molecule has 5 nitrogen and oxygen atoms in total. The molecule has 1 aromatic rings. The molecule has 0 aromatic carbocycles. The molecule has 10 heavy (non-hydrogen) atoms. The van der Waals surface area contributed by atoms with Crippen LogP contribution in [0.2, 0.25) is 0 Å². The zero-order valence-corrected chi connectivity index (χ0v) is 5.29. The van der Waals surface area contributed by atoms with E-state index in [4.69, 9.17) is 5.11 Å². The minimum absolute atomic E-state index is 0.163. The fraction of sp³-hybridized carbons (Fsp3) is 0.200. The lowest BCUT2D eigenvalue weighted by Crippen LogP contribution is -1.92. The van der Waals surface area contributed by atoms with Gasteiger partial charge in [0.25, 0.3) is 0 Å². The fourth-order valence-corrected chi connectivity index (χ4v) is 0.494. The molecule has 0 aliphatic heterocycles. The predicted octanol–water partition coefficient (Wildman–Crippen LogP) is 0.414. The quantitative estimate of drug-likeness (QED) is 0.625. The molecular formula is C5H6N2O3. The molecule has 5 heteroatoms. The summed E-state index contributed by atoms with van der Waals surface area (Å²) < 4.78 is 4.40. The van der Waals surface area contributed by atoms with Crippen molar-refractivity contribution in [1.29, 1.82) is 0 Å². The lowest BCUT2D eigenvalue weighted by molar-refractivity contribution is 0.0652. The van der Waals surface area contributed by atoms with E-state index in [1.54, 1.807) is 7.05 Å². The van der Waals surface area contributed by atoms with Crippen molar-refractivity contribution in [2.45, 2.75) is 0 Å². The van der Waals surface area contributed by atoms with Gasteiger partial charge in [-0.15, -0.1) is 0 Å². The molecule has 2 N–H and O–H groups in total. The molecule has 0 spiro atoms. The lowest BCUT2D eigenvalue weighted by atomic mass is 10.4. The Morgan fingerprint density at radius 2 is 2.60 bits per heavy atom. The van der Waals surface area contributed by atoms with Crippen molar-refractivity contribution in [3.05, 3.63) is 11.8 Å². The smallest absolute Gasteiger partial charge is 0.374 e. The maximum atomic E-state index is 10.2. The summed E-state index contributed by atoms with van der Waals surface area (Å²) in [5.74, 6) is -0.865. The summed E-state index contributed by atoms with van der Waals surface area (Å²) in [7, 11) is 1.63. The van der Waals surface area contributed by atoms with Gasteiger partial charge in [0.05, 0.1) is 0 Å². The molecule has 0 radical (unpaired) electrons. The second-order valence-corrected chi connectivity index (χ2v) is 1.63. The molecule has 1 aromatic heterocycles. The second kappa shape index (κ2) is 2.38. The highest BCUT2D eigenvalue weighted by Crippen LogP contribution is 2.06. The third-order valence-electron chi connectivity index (χ3n) is 0.977. The van der Waals surface area contributed by atoms with Crippen LogP contribution in [0.25, 0.3) is 0 Å². The first-order valence-corrected chi connectivity index (χ1v) is 2.62. The number of nitrogens with zero attached hydrogens (tertiary/aromatic N) is 1. The summed E-state index contributed by atoms with van der Waals surface area (Å²) in [4.78, 5) is 10.2. The van der Waals surface area contributed by atoms with Gasteiger partial charge < -0.3 is 14.9 Å². The van der Waals surface area contributed by atoms with Gasteiger partial charge in [-0.3, -0.25) is 0 Å². The first kappa shape index (κ1) is 6.60. The van der Waals surface area contributed by atoms with Crippen LogP contribution < -0.4 is 5.32 Å². The van der Waals surface area contributed by atoms with Crippen molar-refractivity contribution in [2.24, 2.45) is 0 Å². The van der Waals surface area contributed by atoms with E-state index in [0.717, 1.165) is 0 Å².